The zero-order chi connectivity index (χ0) is 15.2. The van der Waals surface area contributed by atoms with Gasteiger partial charge in [0.2, 0.25) is 0 Å². The minimum Gasteiger partial charge on any atom is -0.507 e. The molecule has 0 aliphatic carbocycles. The summed E-state index contributed by atoms with van der Waals surface area (Å²) in [5.74, 6) is 0.258. The molecule has 0 heterocycles. The van der Waals surface area contributed by atoms with E-state index in [1.165, 1.54) is 0 Å². The Kier molecular flexibility index (Phi) is 5.61. The molecule has 0 radical (unpaired) electrons. The van der Waals surface area contributed by atoms with Crippen LogP contribution in [0.3, 0.4) is 0 Å². The minimum absolute atomic E-state index is 0.258. The predicted molar refractivity (Wildman–Crippen MR) is 98.1 cm³/mol. The van der Waals surface area contributed by atoms with Gasteiger partial charge in [-0.3, -0.25) is 4.99 Å². The molecule has 0 atom stereocenters. The molecular weight excluding hydrogens is 375 g/mol. The van der Waals surface area contributed by atoms with Crippen LogP contribution in [0.4, 0.5) is 11.4 Å². The lowest BCUT2D eigenvalue weighted by Gasteiger charge is -2.21. The van der Waals surface area contributed by atoms with E-state index < -0.39 is 0 Å². The Morgan fingerprint density at radius 1 is 1.14 bits per heavy atom. The summed E-state index contributed by atoms with van der Waals surface area (Å²) in [6, 6.07) is 13.7. The van der Waals surface area contributed by atoms with E-state index in [1.807, 2.05) is 36.4 Å². The normalized spacial score (nSPS) is 11.0. The standard InChI is InChI=1S/C17H19IN2O/c1-3-20(4-2)16-9-8-13(17(21)11-16)12-19-15-7-5-6-14(18)10-15/h5-12,21H,3-4H2,1-2H3. The van der Waals surface area contributed by atoms with Gasteiger partial charge in [-0.15, -0.1) is 0 Å². The van der Waals surface area contributed by atoms with Crippen LogP contribution >= 0.6 is 22.6 Å². The van der Waals surface area contributed by atoms with Crippen LogP contribution in [0, 0.1) is 3.57 Å². The van der Waals surface area contributed by atoms with Crippen LogP contribution in [0.15, 0.2) is 47.5 Å². The highest BCUT2D eigenvalue weighted by Gasteiger charge is 2.05. The first-order valence-electron chi connectivity index (χ1n) is 7.01. The summed E-state index contributed by atoms with van der Waals surface area (Å²) < 4.78 is 1.14. The largest absolute Gasteiger partial charge is 0.507 e. The molecular formula is C17H19IN2O. The molecule has 0 bridgehead atoms. The topological polar surface area (TPSA) is 35.8 Å². The first-order valence-corrected chi connectivity index (χ1v) is 8.09. The minimum atomic E-state index is 0.258. The van der Waals surface area contributed by atoms with Crippen molar-refractivity contribution in [2.24, 2.45) is 4.99 Å². The van der Waals surface area contributed by atoms with E-state index in [9.17, 15) is 5.11 Å². The van der Waals surface area contributed by atoms with Crippen molar-refractivity contribution in [3.63, 3.8) is 0 Å². The van der Waals surface area contributed by atoms with Crippen LogP contribution in [0.25, 0.3) is 0 Å². The highest BCUT2D eigenvalue weighted by molar-refractivity contribution is 14.1. The summed E-state index contributed by atoms with van der Waals surface area (Å²) in [5, 5.41) is 10.1. The summed E-state index contributed by atoms with van der Waals surface area (Å²) in [6.45, 7) is 6.05. The number of anilines is 1. The maximum Gasteiger partial charge on any atom is 0.126 e. The van der Waals surface area contributed by atoms with Crippen LogP contribution in [-0.4, -0.2) is 24.4 Å². The third-order valence-corrected chi connectivity index (χ3v) is 3.97. The van der Waals surface area contributed by atoms with Gasteiger partial charge < -0.3 is 10.0 Å². The average Bonchev–Trinajstić information content (AvgIpc) is 2.48. The second-order valence-corrected chi connectivity index (χ2v) is 5.90. The SMILES string of the molecule is CCN(CC)c1ccc(C=Nc2cccc(I)c2)c(O)c1. The van der Waals surface area contributed by atoms with E-state index >= 15 is 0 Å². The number of phenols is 1. The van der Waals surface area contributed by atoms with Gasteiger partial charge >= 0.3 is 0 Å². The molecule has 2 rings (SSSR count). The molecule has 0 saturated heterocycles. The van der Waals surface area contributed by atoms with E-state index in [1.54, 1.807) is 12.3 Å². The van der Waals surface area contributed by atoms with Crippen LogP contribution in [0.1, 0.15) is 19.4 Å². The lowest BCUT2D eigenvalue weighted by Crippen LogP contribution is -2.21. The van der Waals surface area contributed by atoms with E-state index in [4.69, 9.17) is 0 Å². The monoisotopic (exact) mass is 394 g/mol. The van der Waals surface area contributed by atoms with Crippen LogP contribution in [0.2, 0.25) is 0 Å². The van der Waals surface area contributed by atoms with Crippen molar-refractivity contribution in [1.82, 2.24) is 0 Å². The number of aromatic hydroxyl groups is 1. The number of phenolic OH excluding ortho intramolecular Hbond substituents is 1. The number of nitrogens with zero attached hydrogens (tertiary/aromatic N) is 2. The Bertz CT molecular complexity index is 636. The maximum absolute atomic E-state index is 10.1. The molecule has 0 aliphatic heterocycles. The van der Waals surface area contributed by atoms with Gasteiger partial charge in [-0.25, -0.2) is 0 Å². The van der Waals surface area contributed by atoms with Crippen molar-refractivity contribution in [2.45, 2.75) is 13.8 Å². The number of hydrogen-bond donors (Lipinski definition) is 1. The fraction of sp³-hybridized carbons (Fsp3) is 0.235. The van der Waals surface area contributed by atoms with Gasteiger partial charge in [-0.1, -0.05) is 6.07 Å². The molecule has 2 aromatic carbocycles. The zero-order valence-corrected chi connectivity index (χ0v) is 14.4. The van der Waals surface area contributed by atoms with Crippen molar-refractivity contribution in [1.29, 1.82) is 0 Å². The predicted octanol–water partition coefficient (Wildman–Crippen LogP) is 4.59. The average molecular weight is 394 g/mol. The highest BCUT2D eigenvalue weighted by Crippen LogP contribution is 2.24. The fourth-order valence-electron chi connectivity index (χ4n) is 2.13. The number of rotatable bonds is 5. The number of benzene rings is 2. The number of hydrogen-bond acceptors (Lipinski definition) is 3. The van der Waals surface area contributed by atoms with Crippen LogP contribution in [0.5, 0.6) is 5.75 Å². The number of halogens is 1. The molecule has 110 valence electrons. The van der Waals surface area contributed by atoms with Crippen molar-refractivity contribution < 1.29 is 5.11 Å². The maximum atomic E-state index is 10.1. The van der Waals surface area contributed by atoms with Gasteiger partial charge in [0.1, 0.15) is 5.75 Å². The molecule has 1 N–H and O–H groups in total. The molecule has 3 nitrogen and oxygen atoms in total. The molecule has 0 unspecified atom stereocenters. The smallest absolute Gasteiger partial charge is 0.126 e. The van der Waals surface area contributed by atoms with Gasteiger partial charge in [0, 0.05) is 40.2 Å². The third-order valence-electron chi connectivity index (χ3n) is 3.30. The Labute approximate surface area is 139 Å². The summed E-state index contributed by atoms with van der Waals surface area (Å²) >= 11 is 2.26. The van der Waals surface area contributed by atoms with Crippen LogP contribution in [-0.2, 0) is 0 Å². The van der Waals surface area contributed by atoms with Crippen molar-refractivity contribution >= 4 is 40.2 Å². The lowest BCUT2D eigenvalue weighted by molar-refractivity contribution is 0.474. The Morgan fingerprint density at radius 2 is 1.90 bits per heavy atom. The fourth-order valence-corrected chi connectivity index (χ4v) is 2.65. The first kappa shape index (κ1) is 15.8. The van der Waals surface area contributed by atoms with Crippen molar-refractivity contribution in [3.8, 4) is 5.75 Å². The molecule has 0 spiro atoms. The van der Waals surface area contributed by atoms with Crippen LogP contribution < -0.4 is 4.90 Å². The summed E-state index contributed by atoms with van der Waals surface area (Å²) in [4.78, 5) is 6.60. The molecule has 0 saturated carbocycles. The summed E-state index contributed by atoms with van der Waals surface area (Å²) in [6.07, 6.45) is 1.70. The second kappa shape index (κ2) is 7.45. The summed E-state index contributed by atoms with van der Waals surface area (Å²) in [5.41, 5.74) is 2.64. The van der Waals surface area contributed by atoms with E-state index in [0.29, 0.717) is 0 Å². The van der Waals surface area contributed by atoms with Gasteiger partial charge in [-0.05, 0) is 66.8 Å². The zero-order valence-electron chi connectivity index (χ0n) is 12.3. The van der Waals surface area contributed by atoms with E-state index in [2.05, 4.69) is 46.3 Å². The first-order chi connectivity index (χ1) is 10.1. The molecule has 21 heavy (non-hydrogen) atoms. The molecule has 0 amide bonds. The van der Waals surface area contributed by atoms with Gasteiger partial charge in [-0.2, -0.15) is 0 Å². The summed E-state index contributed by atoms with van der Waals surface area (Å²) in [7, 11) is 0. The quantitative estimate of drug-likeness (QED) is 0.595. The third kappa shape index (κ3) is 4.20. The van der Waals surface area contributed by atoms with Gasteiger partial charge in [0.05, 0.1) is 5.69 Å². The molecule has 2 aromatic rings. The number of aliphatic imine (C=N–C) groups is 1. The Hall–Kier alpha value is -1.56. The lowest BCUT2D eigenvalue weighted by atomic mass is 10.2. The van der Waals surface area contributed by atoms with Crippen molar-refractivity contribution in [3.05, 3.63) is 51.6 Å². The molecule has 4 heteroatoms. The molecule has 0 aromatic heterocycles. The van der Waals surface area contributed by atoms with Crippen molar-refractivity contribution in [2.75, 3.05) is 18.0 Å². The molecule has 0 aliphatic rings. The van der Waals surface area contributed by atoms with Gasteiger partial charge in [0.25, 0.3) is 0 Å². The Balaban J connectivity index is 2.21. The molecule has 0 fully saturated rings. The highest BCUT2D eigenvalue weighted by atomic mass is 127. The van der Waals surface area contributed by atoms with E-state index in [0.717, 1.165) is 33.6 Å². The van der Waals surface area contributed by atoms with Gasteiger partial charge in [0.15, 0.2) is 0 Å². The van der Waals surface area contributed by atoms with E-state index in [-0.39, 0.29) is 5.75 Å². The second-order valence-electron chi connectivity index (χ2n) is 4.65. The Morgan fingerprint density at radius 3 is 2.52 bits per heavy atom.